The summed E-state index contributed by atoms with van der Waals surface area (Å²) in [5.41, 5.74) is 0. The van der Waals surface area contributed by atoms with Gasteiger partial charge in [-0.15, -0.1) is 0 Å². The minimum atomic E-state index is -0.823. The van der Waals surface area contributed by atoms with Crippen LogP contribution in [0.25, 0.3) is 0 Å². The van der Waals surface area contributed by atoms with Gasteiger partial charge in [0.25, 0.3) is 0 Å². The third-order valence-electron chi connectivity index (χ3n) is 3.17. The molecule has 0 aliphatic rings. The average molecular weight is 258 g/mol. The fourth-order valence-corrected chi connectivity index (χ4v) is 1.49. The number of hydrogen-bond donors (Lipinski definition) is 2. The summed E-state index contributed by atoms with van der Waals surface area (Å²) in [6.45, 7) is 9.63. The van der Waals surface area contributed by atoms with Crippen molar-refractivity contribution in [1.29, 1.82) is 0 Å². The van der Waals surface area contributed by atoms with Crippen LogP contribution in [0.5, 0.6) is 0 Å². The first-order valence-corrected chi connectivity index (χ1v) is 6.67. The summed E-state index contributed by atoms with van der Waals surface area (Å²) in [5.74, 6) is -0.764. The highest BCUT2D eigenvalue weighted by Crippen LogP contribution is 2.05. The van der Waals surface area contributed by atoms with Crippen LogP contribution < -0.4 is 5.32 Å². The van der Waals surface area contributed by atoms with Crippen LogP contribution in [0, 0.1) is 11.8 Å². The van der Waals surface area contributed by atoms with Crippen molar-refractivity contribution in [3.63, 3.8) is 0 Å². The quantitative estimate of drug-likeness (QED) is 0.701. The van der Waals surface area contributed by atoms with Crippen LogP contribution in [0.2, 0.25) is 0 Å². The van der Waals surface area contributed by atoms with Gasteiger partial charge in [0.15, 0.2) is 0 Å². The third-order valence-corrected chi connectivity index (χ3v) is 3.17. The number of carbonyl (C=O) groups is 2. The Morgan fingerprint density at radius 1 is 1.28 bits per heavy atom. The number of nitrogens with zero attached hydrogens (tertiary/aromatic N) is 1. The number of carboxylic acids is 1. The molecule has 5 nitrogen and oxygen atoms in total. The maximum absolute atomic E-state index is 11.8. The van der Waals surface area contributed by atoms with E-state index in [-0.39, 0.29) is 6.03 Å². The Morgan fingerprint density at radius 3 is 2.33 bits per heavy atom. The van der Waals surface area contributed by atoms with E-state index in [1.54, 1.807) is 11.8 Å². The standard InChI is InChI=1S/C13H26N2O3/c1-5-10(3)9-15(6-2)13(18)14-8-7-11(4)12(16)17/h10-11H,5-9H2,1-4H3,(H,14,18)(H,16,17). The second-order valence-corrected chi connectivity index (χ2v) is 4.81. The zero-order chi connectivity index (χ0) is 14.1. The summed E-state index contributed by atoms with van der Waals surface area (Å²) in [7, 11) is 0. The molecule has 0 bridgehead atoms. The smallest absolute Gasteiger partial charge is 0.317 e. The molecule has 2 unspecified atom stereocenters. The zero-order valence-electron chi connectivity index (χ0n) is 11.9. The topological polar surface area (TPSA) is 69.6 Å². The predicted octanol–water partition coefficient (Wildman–Crippen LogP) is 2.17. The summed E-state index contributed by atoms with van der Waals surface area (Å²) in [6, 6.07) is -0.101. The molecule has 2 N–H and O–H groups in total. The van der Waals surface area contributed by atoms with E-state index >= 15 is 0 Å². The number of nitrogens with one attached hydrogen (secondary N) is 1. The number of aliphatic carboxylic acids is 1. The SMILES string of the molecule is CCC(C)CN(CC)C(=O)NCCC(C)C(=O)O. The van der Waals surface area contributed by atoms with Crippen molar-refractivity contribution in [3.05, 3.63) is 0 Å². The summed E-state index contributed by atoms with van der Waals surface area (Å²) in [5, 5.41) is 11.5. The molecule has 0 rings (SSSR count). The van der Waals surface area contributed by atoms with Gasteiger partial charge in [0.2, 0.25) is 0 Å². The monoisotopic (exact) mass is 258 g/mol. The molecule has 2 atom stereocenters. The van der Waals surface area contributed by atoms with Crippen LogP contribution in [0.4, 0.5) is 4.79 Å². The molecule has 106 valence electrons. The Kier molecular flexibility index (Phi) is 8.16. The molecule has 0 spiro atoms. The predicted molar refractivity (Wildman–Crippen MR) is 71.5 cm³/mol. The van der Waals surface area contributed by atoms with Gasteiger partial charge in [-0.2, -0.15) is 0 Å². The summed E-state index contributed by atoms with van der Waals surface area (Å²) >= 11 is 0. The van der Waals surface area contributed by atoms with Crippen LogP contribution >= 0.6 is 0 Å². The second kappa shape index (κ2) is 8.78. The highest BCUT2D eigenvalue weighted by atomic mass is 16.4. The van der Waals surface area contributed by atoms with Crippen LogP contribution in [0.3, 0.4) is 0 Å². The molecule has 0 aliphatic heterocycles. The second-order valence-electron chi connectivity index (χ2n) is 4.81. The van der Waals surface area contributed by atoms with E-state index in [2.05, 4.69) is 19.2 Å². The average Bonchev–Trinajstić information content (AvgIpc) is 2.34. The maximum atomic E-state index is 11.8. The molecule has 0 aromatic carbocycles. The van der Waals surface area contributed by atoms with Crippen LogP contribution in [-0.2, 0) is 4.79 Å². The number of urea groups is 1. The van der Waals surface area contributed by atoms with Crippen molar-refractivity contribution >= 4 is 12.0 Å². The zero-order valence-corrected chi connectivity index (χ0v) is 11.9. The maximum Gasteiger partial charge on any atom is 0.317 e. The molecule has 5 heteroatoms. The molecule has 0 radical (unpaired) electrons. The lowest BCUT2D eigenvalue weighted by Crippen LogP contribution is -2.42. The number of rotatable bonds is 8. The molecule has 0 aliphatic carbocycles. The van der Waals surface area contributed by atoms with Crippen molar-refractivity contribution in [3.8, 4) is 0 Å². The first-order chi connectivity index (χ1) is 8.42. The summed E-state index contributed by atoms with van der Waals surface area (Å²) in [6.07, 6.45) is 1.50. The van der Waals surface area contributed by atoms with E-state index in [1.807, 2.05) is 6.92 Å². The molecule has 0 saturated heterocycles. The minimum absolute atomic E-state index is 0.101. The Labute approximate surface area is 110 Å². The van der Waals surface area contributed by atoms with E-state index in [1.165, 1.54) is 0 Å². The van der Waals surface area contributed by atoms with Crippen molar-refractivity contribution in [2.75, 3.05) is 19.6 Å². The minimum Gasteiger partial charge on any atom is -0.481 e. The van der Waals surface area contributed by atoms with Crippen molar-refractivity contribution in [1.82, 2.24) is 10.2 Å². The van der Waals surface area contributed by atoms with Crippen LogP contribution in [0.1, 0.15) is 40.5 Å². The first-order valence-electron chi connectivity index (χ1n) is 6.67. The molecular formula is C13H26N2O3. The fraction of sp³-hybridized carbons (Fsp3) is 0.846. The van der Waals surface area contributed by atoms with E-state index in [9.17, 15) is 9.59 Å². The van der Waals surface area contributed by atoms with Gasteiger partial charge in [-0.1, -0.05) is 27.2 Å². The lowest BCUT2D eigenvalue weighted by molar-refractivity contribution is -0.141. The van der Waals surface area contributed by atoms with Crippen molar-refractivity contribution < 1.29 is 14.7 Å². The van der Waals surface area contributed by atoms with Gasteiger partial charge in [0, 0.05) is 19.6 Å². The van der Waals surface area contributed by atoms with Gasteiger partial charge < -0.3 is 15.3 Å². The molecule has 0 fully saturated rings. The highest BCUT2D eigenvalue weighted by molar-refractivity contribution is 5.74. The first kappa shape index (κ1) is 16.7. The molecule has 2 amide bonds. The molecule has 0 aromatic rings. The van der Waals surface area contributed by atoms with Crippen molar-refractivity contribution in [2.45, 2.75) is 40.5 Å². The number of hydrogen-bond acceptors (Lipinski definition) is 2. The molecular weight excluding hydrogens is 232 g/mol. The van der Waals surface area contributed by atoms with Crippen LogP contribution in [0.15, 0.2) is 0 Å². The number of carbonyl (C=O) groups excluding carboxylic acids is 1. The lowest BCUT2D eigenvalue weighted by atomic mass is 10.1. The van der Waals surface area contributed by atoms with E-state index in [4.69, 9.17) is 5.11 Å². The van der Waals surface area contributed by atoms with Gasteiger partial charge in [0.05, 0.1) is 5.92 Å². The summed E-state index contributed by atoms with van der Waals surface area (Å²) in [4.78, 5) is 24.2. The van der Waals surface area contributed by atoms with Gasteiger partial charge in [-0.25, -0.2) is 4.79 Å². The number of amides is 2. The lowest BCUT2D eigenvalue weighted by Gasteiger charge is -2.24. The van der Waals surface area contributed by atoms with E-state index in [0.717, 1.165) is 13.0 Å². The van der Waals surface area contributed by atoms with Crippen molar-refractivity contribution in [2.24, 2.45) is 11.8 Å². The van der Waals surface area contributed by atoms with Gasteiger partial charge >= 0.3 is 12.0 Å². The Bertz CT molecular complexity index is 269. The van der Waals surface area contributed by atoms with E-state index in [0.29, 0.717) is 25.4 Å². The highest BCUT2D eigenvalue weighted by Gasteiger charge is 2.15. The Hall–Kier alpha value is -1.26. The van der Waals surface area contributed by atoms with Gasteiger partial charge in [-0.3, -0.25) is 4.79 Å². The fourth-order valence-electron chi connectivity index (χ4n) is 1.49. The summed E-state index contributed by atoms with van der Waals surface area (Å²) < 4.78 is 0. The molecule has 0 heterocycles. The van der Waals surface area contributed by atoms with E-state index < -0.39 is 11.9 Å². The molecule has 0 saturated carbocycles. The largest absolute Gasteiger partial charge is 0.481 e. The Balaban J connectivity index is 4.01. The third kappa shape index (κ3) is 6.47. The van der Waals surface area contributed by atoms with Crippen LogP contribution in [-0.4, -0.2) is 41.6 Å². The molecule has 0 aromatic heterocycles. The number of carboxylic acid groups (broad SMARTS) is 1. The van der Waals surface area contributed by atoms with Gasteiger partial charge in [-0.05, 0) is 19.3 Å². The normalized spacial score (nSPS) is 13.8. The Morgan fingerprint density at radius 2 is 1.89 bits per heavy atom. The van der Waals surface area contributed by atoms with Gasteiger partial charge in [0.1, 0.15) is 0 Å². The molecule has 18 heavy (non-hydrogen) atoms.